The van der Waals surface area contributed by atoms with Crippen LogP contribution in [0.4, 0.5) is 0 Å². The summed E-state index contributed by atoms with van der Waals surface area (Å²) in [6, 6.07) is 11.9. The first kappa shape index (κ1) is 20.7. The van der Waals surface area contributed by atoms with Crippen LogP contribution in [0.1, 0.15) is 36.6 Å². The van der Waals surface area contributed by atoms with Crippen molar-refractivity contribution in [2.45, 2.75) is 31.6 Å². The fourth-order valence-corrected chi connectivity index (χ4v) is 5.30. The van der Waals surface area contributed by atoms with Gasteiger partial charge in [-0.25, -0.2) is 4.98 Å². The largest absolute Gasteiger partial charge is 0.350 e. The van der Waals surface area contributed by atoms with Gasteiger partial charge in [-0.15, -0.1) is 0 Å². The Hall–Kier alpha value is -3.19. The smallest absolute Gasteiger partial charge is 0.251 e. The summed E-state index contributed by atoms with van der Waals surface area (Å²) in [6.45, 7) is 1.40. The van der Waals surface area contributed by atoms with Crippen molar-refractivity contribution in [1.29, 1.82) is 0 Å². The number of carbonyl (C=O) groups is 1. The molecule has 1 amide bonds. The summed E-state index contributed by atoms with van der Waals surface area (Å²) in [5.41, 5.74) is 3.99. The van der Waals surface area contributed by atoms with Crippen molar-refractivity contribution < 1.29 is 4.79 Å². The molecule has 4 aromatic rings. The lowest BCUT2D eigenvalue weighted by molar-refractivity contribution is -0.132. The molecule has 1 N–H and O–H groups in total. The summed E-state index contributed by atoms with van der Waals surface area (Å²) >= 11 is 1.59. The molecule has 0 saturated carbocycles. The first-order valence-electron chi connectivity index (χ1n) is 11.0. The van der Waals surface area contributed by atoms with E-state index >= 15 is 0 Å². The molecule has 5 rings (SSSR count). The summed E-state index contributed by atoms with van der Waals surface area (Å²) < 4.78 is 2.12. The minimum atomic E-state index is -0.121. The fraction of sp³-hybridized carbons (Fsp3) is 0.320. The SMILES string of the molecule is Cn1cc(CCC(=O)N2CCC(c3nc(-c4ccsc4)cc(=O)[nH]3)CC2)c2ccccc21. The van der Waals surface area contributed by atoms with E-state index in [0.717, 1.165) is 36.3 Å². The number of para-hydroxylation sites is 1. The number of hydrogen-bond donors (Lipinski definition) is 1. The van der Waals surface area contributed by atoms with Gasteiger partial charge in [0.25, 0.3) is 5.56 Å². The molecule has 1 aromatic carbocycles. The van der Waals surface area contributed by atoms with Gasteiger partial charge in [0.2, 0.25) is 5.91 Å². The Morgan fingerprint density at radius 3 is 2.81 bits per heavy atom. The van der Waals surface area contributed by atoms with Crippen molar-refractivity contribution in [3.05, 3.63) is 75.1 Å². The van der Waals surface area contributed by atoms with Gasteiger partial charge in [0.15, 0.2) is 0 Å². The van der Waals surface area contributed by atoms with E-state index in [0.29, 0.717) is 19.5 Å². The molecule has 0 spiro atoms. The Morgan fingerprint density at radius 1 is 1.22 bits per heavy atom. The van der Waals surface area contributed by atoms with Gasteiger partial charge < -0.3 is 14.5 Å². The minimum absolute atomic E-state index is 0.121. The van der Waals surface area contributed by atoms with Crippen LogP contribution in [0.3, 0.4) is 0 Å². The van der Waals surface area contributed by atoms with Gasteiger partial charge in [-0.3, -0.25) is 9.59 Å². The lowest BCUT2D eigenvalue weighted by atomic mass is 9.95. The van der Waals surface area contributed by atoms with E-state index in [-0.39, 0.29) is 17.4 Å². The number of aromatic nitrogens is 3. The molecule has 0 bridgehead atoms. The molecule has 0 atom stereocenters. The number of carbonyl (C=O) groups excluding carboxylic acids is 1. The Bertz CT molecular complexity index is 1300. The fourth-order valence-electron chi connectivity index (χ4n) is 4.65. The van der Waals surface area contributed by atoms with Crippen molar-refractivity contribution in [2.75, 3.05) is 13.1 Å². The van der Waals surface area contributed by atoms with Gasteiger partial charge in [-0.2, -0.15) is 11.3 Å². The maximum atomic E-state index is 12.9. The zero-order valence-corrected chi connectivity index (χ0v) is 18.9. The third-order valence-electron chi connectivity index (χ3n) is 6.40. The highest BCUT2D eigenvalue weighted by Gasteiger charge is 2.25. The van der Waals surface area contributed by atoms with E-state index in [9.17, 15) is 9.59 Å². The first-order chi connectivity index (χ1) is 15.6. The third kappa shape index (κ3) is 4.12. The quantitative estimate of drug-likeness (QED) is 0.496. The number of H-pyrrole nitrogens is 1. The van der Waals surface area contributed by atoms with E-state index in [2.05, 4.69) is 27.9 Å². The molecule has 4 heterocycles. The van der Waals surface area contributed by atoms with Gasteiger partial charge in [0.1, 0.15) is 5.82 Å². The molecule has 1 aliphatic rings. The van der Waals surface area contributed by atoms with E-state index in [4.69, 9.17) is 4.98 Å². The molecule has 7 heteroatoms. The zero-order chi connectivity index (χ0) is 22.1. The zero-order valence-electron chi connectivity index (χ0n) is 18.1. The van der Waals surface area contributed by atoms with Crippen LogP contribution in [-0.2, 0) is 18.3 Å². The van der Waals surface area contributed by atoms with Crippen LogP contribution in [0.15, 0.2) is 58.1 Å². The van der Waals surface area contributed by atoms with Crippen molar-refractivity contribution >= 4 is 28.1 Å². The Balaban J connectivity index is 1.21. The second kappa shape index (κ2) is 8.74. The van der Waals surface area contributed by atoms with Crippen LogP contribution in [0, 0.1) is 0 Å². The number of likely N-dealkylation sites (tertiary alicyclic amines) is 1. The van der Waals surface area contributed by atoms with E-state index in [1.807, 2.05) is 40.9 Å². The van der Waals surface area contributed by atoms with Crippen molar-refractivity contribution in [3.63, 3.8) is 0 Å². The average Bonchev–Trinajstić information content (AvgIpc) is 3.46. The van der Waals surface area contributed by atoms with E-state index < -0.39 is 0 Å². The molecule has 1 aliphatic heterocycles. The number of piperidine rings is 1. The van der Waals surface area contributed by atoms with Crippen LogP contribution >= 0.6 is 11.3 Å². The Kier molecular flexibility index (Phi) is 5.66. The number of benzene rings is 1. The van der Waals surface area contributed by atoms with Gasteiger partial charge in [-0.05, 0) is 42.3 Å². The molecule has 3 aromatic heterocycles. The highest BCUT2D eigenvalue weighted by Crippen LogP contribution is 2.28. The van der Waals surface area contributed by atoms with Crippen LogP contribution in [0.2, 0.25) is 0 Å². The minimum Gasteiger partial charge on any atom is -0.350 e. The van der Waals surface area contributed by atoms with Crippen molar-refractivity contribution in [3.8, 4) is 11.3 Å². The summed E-state index contributed by atoms with van der Waals surface area (Å²) in [5, 5.41) is 5.21. The lowest BCUT2D eigenvalue weighted by Crippen LogP contribution is -2.38. The topological polar surface area (TPSA) is 71.0 Å². The highest BCUT2D eigenvalue weighted by atomic mass is 32.1. The molecule has 1 saturated heterocycles. The molecule has 0 radical (unpaired) electrons. The van der Waals surface area contributed by atoms with Gasteiger partial charge in [-0.1, -0.05) is 18.2 Å². The van der Waals surface area contributed by atoms with Crippen LogP contribution in [0.5, 0.6) is 0 Å². The third-order valence-corrected chi connectivity index (χ3v) is 7.08. The van der Waals surface area contributed by atoms with Gasteiger partial charge in [0, 0.05) is 66.6 Å². The number of nitrogens with one attached hydrogen (secondary N) is 1. The highest BCUT2D eigenvalue weighted by molar-refractivity contribution is 7.08. The predicted octanol–water partition coefficient (Wildman–Crippen LogP) is 4.33. The van der Waals surface area contributed by atoms with Crippen molar-refractivity contribution in [1.82, 2.24) is 19.4 Å². The molecule has 1 fully saturated rings. The van der Waals surface area contributed by atoms with Crippen LogP contribution in [0.25, 0.3) is 22.2 Å². The number of hydrogen-bond acceptors (Lipinski definition) is 4. The molecular formula is C25H26N4O2S. The molecule has 164 valence electrons. The molecule has 6 nitrogen and oxygen atoms in total. The second-order valence-corrected chi connectivity index (χ2v) is 9.25. The average molecular weight is 447 g/mol. The summed E-state index contributed by atoms with van der Waals surface area (Å²) in [6.07, 6.45) is 5.03. The molecular weight excluding hydrogens is 420 g/mol. The Labute approximate surface area is 190 Å². The van der Waals surface area contributed by atoms with E-state index in [1.165, 1.54) is 16.5 Å². The number of rotatable bonds is 5. The first-order valence-corrected chi connectivity index (χ1v) is 12.0. The van der Waals surface area contributed by atoms with E-state index in [1.54, 1.807) is 17.4 Å². The Morgan fingerprint density at radius 2 is 2.03 bits per heavy atom. The van der Waals surface area contributed by atoms with Crippen molar-refractivity contribution in [2.24, 2.45) is 7.05 Å². The maximum Gasteiger partial charge on any atom is 0.251 e. The number of aryl methyl sites for hydroxylation is 2. The number of nitrogens with zero attached hydrogens (tertiary/aromatic N) is 3. The summed E-state index contributed by atoms with van der Waals surface area (Å²) in [4.78, 5) is 34.6. The predicted molar refractivity (Wildman–Crippen MR) is 128 cm³/mol. The number of amides is 1. The second-order valence-electron chi connectivity index (χ2n) is 8.47. The standard InChI is InChI=1S/C25H26N4O2S/c1-28-15-18(20-4-2-3-5-22(20)28)6-7-24(31)29-11-8-17(9-12-29)25-26-21(14-23(30)27-25)19-10-13-32-16-19/h2-5,10,13-17H,6-9,11-12H2,1H3,(H,26,27,30). The number of thiophene rings is 1. The van der Waals surface area contributed by atoms with Crippen LogP contribution in [-0.4, -0.2) is 38.4 Å². The number of fused-ring (bicyclic) bond motifs is 1. The van der Waals surface area contributed by atoms with Gasteiger partial charge in [0.05, 0.1) is 5.69 Å². The van der Waals surface area contributed by atoms with Gasteiger partial charge >= 0.3 is 0 Å². The molecule has 0 unspecified atom stereocenters. The van der Waals surface area contributed by atoms with Crippen LogP contribution < -0.4 is 5.56 Å². The molecule has 32 heavy (non-hydrogen) atoms. The monoisotopic (exact) mass is 446 g/mol. The normalized spacial score (nSPS) is 14.8. The summed E-state index contributed by atoms with van der Waals surface area (Å²) in [5.74, 6) is 1.11. The summed E-state index contributed by atoms with van der Waals surface area (Å²) in [7, 11) is 2.05. The molecule has 0 aliphatic carbocycles. The lowest BCUT2D eigenvalue weighted by Gasteiger charge is -2.31. The maximum absolute atomic E-state index is 12.9. The number of aromatic amines is 1.